The van der Waals surface area contributed by atoms with Crippen molar-refractivity contribution in [2.24, 2.45) is 0 Å². The fourth-order valence-corrected chi connectivity index (χ4v) is 2.43. The van der Waals surface area contributed by atoms with Gasteiger partial charge in [0.25, 0.3) is 11.7 Å². The first kappa shape index (κ1) is 18.5. The summed E-state index contributed by atoms with van der Waals surface area (Å²) in [5.74, 6) is -2.32. The molecular formula is C16H16FN3O4S. The number of aromatic nitrogens is 1. The van der Waals surface area contributed by atoms with Crippen LogP contribution in [0.15, 0.2) is 30.5 Å². The molecule has 0 bridgehead atoms. The highest BCUT2D eigenvalue weighted by Crippen LogP contribution is 2.20. The van der Waals surface area contributed by atoms with Gasteiger partial charge in [0, 0.05) is 5.69 Å². The molecule has 0 saturated carbocycles. The molecule has 25 heavy (non-hydrogen) atoms. The lowest BCUT2D eigenvalue weighted by Crippen LogP contribution is -2.27. The molecule has 9 heteroatoms. The fraction of sp³-hybridized carbons (Fsp3) is 0.250. The van der Waals surface area contributed by atoms with Gasteiger partial charge in [0.05, 0.1) is 6.20 Å². The Kier molecular flexibility index (Phi) is 5.48. The van der Waals surface area contributed by atoms with Gasteiger partial charge in [-0.15, -0.1) is 0 Å². The highest BCUT2D eigenvalue weighted by molar-refractivity contribution is 7.18. The Labute approximate surface area is 147 Å². The molecule has 1 heterocycles. The number of carbonyl (C=O) groups is 3. The van der Waals surface area contributed by atoms with Crippen molar-refractivity contribution in [3.63, 3.8) is 0 Å². The lowest BCUT2D eigenvalue weighted by molar-refractivity contribution is -0.112. The van der Waals surface area contributed by atoms with E-state index in [1.54, 1.807) is 20.8 Å². The lowest BCUT2D eigenvalue weighted by atomic mass is 10.2. The van der Waals surface area contributed by atoms with E-state index in [-0.39, 0.29) is 15.7 Å². The molecule has 0 aliphatic carbocycles. The van der Waals surface area contributed by atoms with E-state index in [9.17, 15) is 18.8 Å². The highest BCUT2D eigenvalue weighted by Gasteiger charge is 2.21. The Bertz CT molecular complexity index is 814. The summed E-state index contributed by atoms with van der Waals surface area (Å²) in [6.07, 6.45) is 0.454. The molecule has 1 aromatic carbocycles. The lowest BCUT2D eigenvalue weighted by Gasteiger charge is -2.18. The fourth-order valence-electron chi connectivity index (χ4n) is 1.69. The standard InChI is InChI=1S/C16H16FN3O4S/c1-16(2,3)24-15(23)20-14-18-8-11(25-14)12(21)13(22)19-10-6-4-5-9(17)7-10/h4-8H,1-3H3,(H,19,22)(H,18,20,23). The van der Waals surface area contributed by atoms with E-state index in [1.165, 1.54) is 24.4 Å². The van der Waals surface area contributed by atoms with Crippen LogP contribution in [0.1, 0.15) is 30.4 Å². The van der Waals surface area contributed by atoms with E-state index in [2.05, 4.69) is 15.6 Å². The van der Waals surface area contributed by atoms with Crippen LogP contribution < -0.4 is 10.6 Å². The van der Waals surface area contributed by atoms with Crippen LogP contribution in [0.3, 0.4) is 0 Å². The van der Waals surface area contributed by atoms with E-state index >= 15 is 0 Å². The molecule has 2 aromatic rings. The van der Waals surface area contributed by atoms with Crippen molar-refractivity contribution in [2.75, 3.05) is 10.6 Å². The molecule has 0 aliphatic rings. The summed E-state index contributed by atoms with van der Waals surface area (Å²) < 4.78 is 18.2. The van der Waals surface area contributed by atoms with Crippen molar-refractivity contribution in [1.29, 1.82) is 0 Å². The number of nitrogens with zero attached hydrogens (tertiary/aromatic N) is 1. The van der Waals surface area contributed by atoms with Crippen LogP contribution in [-0.2, 0) is 9.53 Å². The molecule has 2 rings (SSSR count). The summed E-state index contributed by atoms with van der Waals surface area (Å²) in [6.45, 7) is 5.13. The minimum Gasteiger partial charge on any atom is -0.444 e. The second kappa shape index (κ2) is 7.39. The van der Waals surface area contributed by atoms with Gasteiger partial charge in [0.15, 0.2) is 5.13 Å². The maximum atomic E-state index is 13.1. The van der Waals surface area contributed by atoms with Crippen LogP contribution in [0.25, 0.3) is 0 Å². The van der Waals surface area contributed by atoms with Gasteiger partial charge in [-0.05, 0) is 39.0 Å². The van der Waals surface area contributed by atoms with Crippen LogP contribution >= 0.6 is 11.3 Å². The van der Waals surface area contributed by atoms with Gasteiger partial charge in [-0.1, -0.05) is 17.4 Å². The summed E-state index contributed by atoms with van der Waals surface area (Å²) in [5.41, 5.74) is -0.514. The number of anilines is 2. The van der Waals surface area contributed by atoms with Crippen LogP contribution in [-0.4, -0.2) is 28.4 Å². The Hall–Kier alpha value is -2.81. The summed E-state index contributed by atoms with van der Waals surface area (Å²) >= 11 is 0.830. The minimum atomic E-state index is -0.932. The number of thiazole rings is 1. The number of rotatable bonds is 4. The van der Waals surface area contributed by atoms with Gasteiger partial charge >= 0.3 is 6.09 Å². The van der Waals surface area contributed by atoms with Crippen molar-refractivity contribution in [1.82, 2.24) is 4.98 Å². The molecule has 0 unspecified atom stereocenters. The quantitative estimate of drug-likeness (QED) is 0.639. The number of carbonyl (C=O) groups excluding carboxylic acids is 3. The number of hydrogen-bond donors (Lipinski definition) is 2. The third-order valence-corrected chi connectivity index (χ3v) is 3.54. The van der Waals surface area contributed by atoms with Crippen molar-refractivity contribution in [3.05, 3.63) is 41.2 Å². The summed E-state index contributed by atoms with van der Waals surface area (Å²) in [6, 6.07) is 5.17. The van der Waals surface area contributed by atoms with Gasteiger partial charge < -0.3 is 10.1 Å². The Morgan fingerprint density at radius 3 is 2.56 bits per heavy atom. The van der Waals surface area contributed by atoms with E-state index < -0.39 is 29.2 Å². The van der Waals surface area contributed by atoms with Crippen LogP contribution in [0.5, 0.6) is 0 Å². The van der Waals surface area contributed by atoms with Crippen molar-refractivity contribution in [3.8, 4) is 0 Å². The smallest absolute Gasteiger partial charge is 0.413 e. The highest BCUT2D eigenvalue weighted by atomic mass is 32.1. The Balaban J connectivity index is 1.99. The van der Waals surface area contributed by atoms with Crippen LogP contribution in [0, 0.1) is 5.82 Å². The van der Waals surface area contributed by atoms with Gasteiger partial charge in [0.2, 0.25) is 0 Å². The number of ketones is 1. The van der Waals surface area contributed by atoms with Crippen molar-refractivity contribution in [2.45, 2.75) is 26.4 Å². The number of hydrogen-bond acceptors (Lipinski definition) is 6. The Morgan fingerprint density at radius 1 is 1.20 bits per heavy atom. The number of ether oxygens (including phenoxy) is 1. The summed E-state index contributed by atoms with van der Waals surface area (Å²) in [5, 5.41) is 4.80. The number of benzene rings is 1. The van der Waals surface area contributed by atoms with Crippen LogP contribution in [0.2, 0.25) is 0 Å². The summed E-state index contributed by atoms with van der Waals surface area (Å²) in [4.78, 5) is 39.5. The average Bonchev–Trinajstić information content (AvgIpc) is 2.92. The molecule has 0 radical (unpaired) electrons. The molecule has 0 aliphatic heterocycles. The zero-order valence-corrected chi connectivity index (χ0v) is 14.6. The van der Waals surface area contributed by atoms with E-state index in [1.807, 2.05) is 0 Å². The average molecular weight is 365 g/mol. The van der Waals surface area contributed by atoms with E-state index in [0.717, 1.165) is 17.4 Å². The number of halogens is 1. The first-order valence-corrected chi connectivity index (χ1v) is 8.03. The van der Waals surface area contributed by atoms with E-state index in [4.69, 9.17) is 4.74 Å². The van der Waals surface area contributed by atoms with Gasteiger partial charge in [-0.2, -0.15) is 0 Å². The zero-order chi connectivity index (χ0) is 18.6. The SMILES string of the molecule is CC(C)(C)OC(=O)Nc1ncc(C(=O)C(=O)Nc2cccc(F)c2)s1. The maximum Gasteiger partial charge on any atom is 0.413 e. The molecule has 2 N–H and O–H groups in total. The van der Waals surface area contributed by atoms with Gasteiger partial charge in [-0.25, -0.2) is 14.2 Å². The first-order chi connectivity index (χ1) is 11.6. The second-order valence-corrected chi connectivity index (χ2v) is 6.98. The zero-order valence-electron chi connectivity index (χ0n) is 13.8. The molecule has 0 fully saturated rings. The molecule has 7 nitrogen and oxygen atoms in total. The molecule has 0 saturated heterocycles. The molecule has 1 aromatic heterocycles. The first-order valence-electron chi connectivity index (χ1n) is 7.21. The topological polar surface area (TPSA) is 97.4 Å². The Morgan fingerprint density at radius 2 is 1.92 bits per heavy atom. The molecule has 132 valence electrons. The second-order valence-electron chi connectivity index (χ2n) is 5.95. The van der Waals surface area contributed by atoms with Crippen molar-refractivity contribution < 1.29 is 23.5 Å². The van der Waals surface area contributed by atoms with Gasteiger partial charge in [0.1, 0.15) is 16.3 Å². The number of amides is 2. The number of Topliss-reactive ketones (excluding diaryl/α,β-unsaturated/α-hetero) is 1. The van der Waals surface area contributed by atoms with Crippen LogP contribution in [0.4, 0.5) is 20.0 Å². The monoisotopic (exact) mass is 365 g/mol. The largest absolute Gasteiger partial charge is 0.444 e. The minimum absolute atomic E-state index is 0.0277. The maximum absolute atomic E-state index is 13.1. The van der Waals surface area contributed by atoms with E-state index in [0.29, 0.717) is 0 Å². The summed E-state index contributed by atoms with van der Waals surface area (Å²) in [7, 11) is 0. The molecular weight excluding hydrogens is 349 g/mol. The molecule has 0 atom stereocenters. The van der Waals surface area contributed by atoms with Crippen molar-refractivity contribution >= 4 is 39.9 Å². The number of nitrogens with one attached hydrogen (secondary N) is 2. The van der Waals surface area contributed by atoms with Gasteiger partial charge in [-0.3, -0.25) is 14.9 Å². The third-order valence-electron chi connectivity index (χ3n) is 2.63. The predicted octanol–water partition coefficient (Wildman–Crippen LogP) is 3.45. The molecule has 2 amide bonds. The predicted molar refractivity (Wildman–Crippen MR) is 91.3 cm³/mol. The third kappa shape index (κ3) is 5.64. The normalized spacial score (nSPS) is 10.9. The molecule has 0 spiro atoms.